The number of ether oxygens (including phenoxy) is 2. The van der Waals surface area contributed by atoms with Crippen molar-refractivity contribution >= 4 is 33.3 Å². The number of carbonyl (C=O) groups is 1. The summed E-state index contributed by atoms with van der Waals surface area (Å²) in [5.74, 6) is -0.633. The van der Waals surface area contributed by atoms with E-state index in [0.717, 1.165) is 24.3 Å². The van der Waals surface area contributed by atoms with E-state index in [4.69, 9.17) is 16.3 Å². The lowest BCUT2D eigenvalue weighted by atomic mass is 10.2. The van der Waals surface area contributed by atoms with Crippen molar-refractivity contribution in [3.8, 4) is 0 Å². The Bertz CT molecular complexity index is 941. The SMILES string of the molecule is COC(=O)c1ccc(Cl)c(S(=O)(=O)NCc2ccc(N3CCOCC3)cc2)c1. The maximum absolute atomic E-state index is 12.6. The second-order valence-corrected chi connectivity index (χ2v) is 8.37. The summed E-state index contributed by atoms with van der Waals surface area (Å²) in [5.41, 5.74) is 1.99. The molecule has 1 heterocycles. The van der Waals surface area contributed by atoms with Crippen LogP contribution in [-0.4, -0.2) is 47.8 Å². The van der Waals surface area contributed by atoms with Gasteiger partial charge in [0.05, 0.1) is 30.9 Å². The summed E-state index contributed by atoms with van der Waals surface area (Å²) in [5, 5.41) is 0.0304. The van der Waals surface area contributed by atoms with E-state index in [-0.39, 0.29) is 22.0 Å². The fraction of sp³-hybridized carbons (Fsp3) is 0.316. The third-order valence-electron chi connectivity index (χ3n) is 4.42. The van der Waals surface area contributed by atoms with Gasteiger partial charge in [0.15, 0.2) is 0 Å². The summed E-state index contributed by atoms with van der Waals surface area (Å²) < 4.78 is 37.8. The Balaban J connectivity index is 1.70. The molecule has 0 bridgehead atoms. The third-order valence-corrected chi connectivity index (χ3v) is 6.30. The van der Waals surface area contributed by atoms with Crippen molar-refractivity contribution < 1.29 is 22.7 Å². The zero-order valence-corrected chi connectivity index (χ0v) is 16.9. The molecule has 1 saturated heterocycles. The lowest BCUT2D eigenvalue weighted by Crippen LogP contribution is -2.36. The predicted molar refractivity (Wildman–Crippen MR) is 106 cm³/mol. The number of rotatable bonds is 6. The minimum Gasteiger partial charge on any atom is -0.465 e. The lowest BCUT2D eigenvalue weighted by Gasteiger charge is -2.28. The number of hydrogen-bond acceptors (Lipinski definition) is 6. The van der Waals surface area contributed by atoms with Crippen molar-refractivity contribution in [1.82, 2.24) is 4.72 Å². The topological polar surface area (TPSA) is 84.9 Å². The number of sulfonamides is 1. The highest BCUT2D eigenvalue weighted by atomic mass is 35.5. The average molecular weight is 425 g/mol. The monoisotopic (exact) mass is 424 g/mol. The van der Waals surface area contributed by atoms with Crippen LogP contribution < -0.4 is 9.62 Å². The maximum Gasteiger partial charge on any atom is 0.337 e. The first-order valence-electron chi connectivity index (χ1n) is 8.70. The van der Waals surface area contributed by atoms with Crippen molar-refractivity contribution in [2.45, 2.75) is 11.4 Å². The number of halogens is 1. The number of benzene rings is 2. The fourth-order valence-electron chi connectivity index (χ4n) is 2.86. The van der Waals surface area contributed by atoms with Gasteiger partial charge in [-0.2, -0.15) is 0 Å². The zero-order chi connectivity index (χ0) is 20.1. The van der Waals surface area contributed by atoms with Gasteiger partial charge in [-0.15, -0.1) is 0 Å². The fourth-order valence-corrected chi connectivity index (χ4v) is 4.40. The number of hydrogen-bond donors (Lipinski definition) is 1. The molecule has 3 rings (SSSR count). The number of morpholine rings is 1. The zero-order valence-electron chi connectivity index (χ0n) is 15.4. The molecule has 0 atom stereocenters. The molecule has 7 nitrogen and oxygen atoms in total. The molecule has 0 aliphatic carbocycles. The van der Waals surface area contributed by atoms with Crippen molar-refractivity contribution in [1.29, 1.82) is 0 Å². The minimum absolute atomic E-state index is 0.0304. The van der Waals surface area contributed by atoms with Crippen LogP contribution in [0.15, 0.2) is 47.4 Å². The van der Waals surface area contributed by atoms with E-state index in [0.29, 0.717) is 13.2 Å². The van der Waals surface area contributed by atoms with E-state index in [1.807, 2.05) is 24.3 Å². The summed E-state index contributed by atoms with van der Waals surface area (Å²) in [6, 6.07) is 11.6. The number of esters is 1. The number of nitrogens with one attached hydrogen (secondary N) is 1. The first kappa shape index (κ1) is 20.6. The molecule has 2 aromatic rings. The highest BCUT2D eigenvalue weighted by Gasteiger charge is 2.20. The van der Waals surface area contributed by atoms with Crippen molar-refractivity contribution in [2.24, 2.45) is 0 Å². The Morgan fingerprint density at radius 2 is 1.86 bits per heavy atom. The van der Waals surface area contributed by atoms with Gasteiger partial charge in [0.25, 0.3) is 0 Å². The molecule has 0 amide bonds. The summed E-state index contributed by atoms with van der Waals surface area (Å²) in [4.78, 5) is 13.7. The van der Waals surface area contributed by atoms with E-state index in [2.05, 4.69) is 14.4 Å². The number of methoxy groups -OCH3 is 1. The van der Waals surface area contributed by atoms with Crippen molar-refractivity contribution in [2.75, 3.05) is 38.3 Å². The molecule has 1 aliphatic rings. The smallest absolute Gasteiger partial charge is 0.337 e. The van der Waals surface area contributed by atoms with Crippen LogP contribution in [0.4, 0.5) is 5.69 Å². The van der Waals surface area contributed by atoms with Gasteiger partial charge >= 0.3 is 5.97 Å². The molecule has 1 aliphatic heterocycles. The Hall–Kier alpha value is -2.13. The highest BCUT2D eigenvalue weighted by molar-refractivity contribution is 7.89. The molecule has 1 fully saturated rings. The molecule has 1 N–H and O–H groups in total. The van der Waals surface area contributed by atoms with Gasteiger partial charge in [-0.25, -0.2) is 17.9 Å². The molecule has 28 heavy (non-hydrogen) atoms. The highest BCUT2D eigenvalue weighted by Crippen LogP contribution is 2.23. The molecule has 0 spiro atoms. The summed E-state index contributed by atoms with van der Waals surface area (Å²) >= 11 is 6.03. The van der Waals surface area contributed by atoms with Crippen molar-refractivity contribution in [3.63, 3.8) is 0 Å². The quantitative estimate of drug-likeness (QED) is 0.717. The second-order valence-electron chi connectivity index (χ2n) is 6.23. The van der Waals surface area contributed by atoms with E-state index < -0.39 is 16.0 Å². The van der Waals surface area contributed by atoms with Gasteiger partial charge < -0.3 is 14.4 Å². The molecule has 150 valence electrons. The molecule has 0 unspecified atom stereocenters. The standard InChI is InChI=1S/C19H21ClN2O5S/c1-26-19(23)15-4-7-17(20)18(12-15)28(24,25)21-13-14-2-5-16(6-3-14)22-8-10-27-11-9-22/h2-7,12,21H,8-11,13H2,1H3. The Labute approximate surface area is 169 Å². The molecular weight excluding hydrogens is 404 g/mol. The molecule has 0 saturated carbocycles. The first-order chi connectivity index (χ1) is 13.4. The Morgan fingerprint density at radius 3 is 2.50 bits per heavy atom. The molecule has 0 radical (unpaired) electrons. The van der Waals surface area contributed by atoms with Crippen LogP contribution in [0.3, 0.4) is 0 Å². The van der Waals surface area contributed by atoms with Crippen molar-refractivity contribution in [3.05, 3.63) is 58.6 Å². The predicted octanol–water partition coefficient (Wildman–Crippen LogP) is 2.44. The molecule has 0 aromatic heterocycles. The summed E-state index contributed by atoms with van der Waals surface area (Å²) in [6.07, 6.45) is 0. The van der Waals surface area contributed by atoms with Crippen LogP contribution in [-0.2, 0) is 26.0 Å². The first-order valence-corrected chi connectivity index (χ1v) is 10.6. The van der Waals surface area contributed by atoms with Gasteiger partial charge in [0, 0.05) is 25.3 Å². The third kappa shape index (κ3) is 4.82. The van der Waals surface area contributed by atoms with Gasteiger partial charge in [-0.3, -0.25) is 0 Å². The van der Waals surface area contributed by atoms with Crippen LogP contribution in [0.2, 0.25) is 5.02 Å². The second kappa shape index (κ2) is 8.91. The largest absolute Gasteiger partial charge is 0.465 e. The number of carbonyl (C=O) groups excluding carboxylic acids is 1. The molecule has 9 heteroatoms. The van der Waals surface area contributed by atoms with E-state index in [1.165, 1.54) is 25.3 Å². The molecule has 2 aromatic carbocycles. The van der Waals surface area contributed by atoms with Gasteiger partial charge in [-0.1, -0.05) is 23.7 Å². The molecular formula is C19H21ClN2O5S. The van der Waals surface area contributed by atoms with E-state index in [9.17, 15) is 13.2 Å². The van der Waals surface area contributed by atoms with Gasteiger partial charge in [0.1, 0.15) is 4.90 Å². The van der Waals surface area contributed by atoms with Crippen LogP contribution >= 0.6 is 11.6 Å². The normalized spacial score (nSPS) is 14.7. The van der Waals surface area contributed by atoms with Crippen LogP contribution in [0.25, 0.3) is 0 Å². The van der Waals surface area contributed by atoms with Crippen LogP contribution in [0.1, 0.15) is 15.9 Å². The summed E-state index contributed by atoms with van der Waals surface area (Å²) in [6.45, 7) is 3.17. The minimum atomic E-state index is -3.90. The summed E-state index contributed by atoms with van der Waals surface area (Å²) in [7, 11) is -2.67. The number of nitrogens with zero attached hydrogens (tertiary/aromatic N) is 1. The van der Waals surface area contributed by atoms with E-state index in [1.54, 1.807) is 0 Å². The van der Waals surface area contributed by atoms with Gasteiger partial charge in [-0.05, 0) is 35.9 Å². The Morgan fingerprint density at radius 1 is 1.18 bits per heavy atom. The average Bonchev–Trinajstić information content (AvgIpc) is 2.73. The Kier molecular flexibility index (Phi) is 6.56. The lowest BCUT2D eigenvalue weighted by molar-refractivity contribution is 0.0600. The van der Waals surface area contributed by atoms with Crippen LogP contribution in [0, 0.1) is 0 Å². The van der Waals surface area contributed by atoms with Gasteiger partial charge in [0.2, 0.25) is 10.0 Å². The maximum atomic E-state index is 12.6. The van der Waals surface area contributed by atoms with E-state index >= 15 is 0 Å². The number of anilines is 1. The van der Waals surface area contributed by atoms with Crippen LogP contribution in [0.5, 0.6) is 0 Å².